The number of rotatable bonds is 4. The summed E-state index contributed by atoms with van der Waals surface area (Å²) in [5.41, 5.74) is 0.875. The Morgan fingerprint density at radius 3 is 2.62 bits per heavy atom. The van der Waals surface area contributed by atoms with Gasteiger partial charge in [-0.05, 0) is 12.1 Å². The van der Waals surface area contributed by atoms with Crippen LogP contribution in [-0.2, 0) is 4.79 Å². The number of para-hydroxylation sites is 1. The van der Waals surface area contributed by atoms with Crippen molar-refractivity contribution in [2.24, 2.45) is 0 Å². The number of anilines is 1. The highest BCUT2D eigenvalue weighted by Gasteiger charge is 2.33. The number of carbonyl (C=O) groups excluding carboxylic acids is 2. The molecule has 2 heterocycles. The van der Waals surface area contributed by atoms with Gasteiger partial charge in [0.2, 0.25) is 5.91 Å². The first-order valence-corrected chi connectivity index (χ1v) is 8.52. The Morgan fingerprint density at radius 2 is 1.96 bits per heavy atom. The lowest BCUT2D eigenvalue weighted by atomic mass is 10.2. The Balaban J connectivity index is 1.50. The second-order valence-corrected chi connectivity index (χ2v) is 6.40. The standard InChI is InChI=1S/C17H24N4O3/c22-11-10-19-6-8-20(9-7-19)17(24)18-14-12-16(23)21(13-14)15-4-2-1-3-5-15/h1-5,14,22H,6-13H2,(H,18,24)/p+1/t14-/m0/s1. The molecule has 2 fully saturated rings. The lowest BCUT2D eigenvalue weighted by Gasteiger charge is -2.32. The second kappa shape index (κ2) is 7.63. The maximum atomic E-state index is 12.4. The number of urea groups is 1. The number of hydrogen-bond acceptors (Lipinski definition) is 3. The predicted molar refractivity (Wildman–Crippen MR) is 90.0 cm³/mol. The van der Waals surface area contributed by atoms with E-state index in [9.17, 15) is 9.59 Å². The topological polar surface area (TPSA) is 77.3 Å². The second-order valence-electron chi connectivity index (χ2n) is 6.40. The van der Waals surface area contributed by atoms with Crippen molar-refractivity contribution >= 4 is 17.6 Å². The highest BCUT2D eigenvalue weighted by Crippen LogP contribution is 2.21. The fourth-order valence-corrected chi connectivity index (χ4v) is 3.36. The fourth-order valence-electron chi connectivity index (χ4n) is 3.36. The van der Waals surface area contributed by atoms with Gasteiger partial charge in [0, 0.05) is 18.7 Å². The molecule has 0 aromatic heterocycles. The molecule has 0 unspecified atom stereocenters. The van der Waals surface area contributed by atoms with Crippen LogP contribution in [0, 0.1) is 0 Å². The summed E-state index contributed by atoms with van der Waals surface area (Å²) in [5, 5.41) is 12.0. The number of piperazine rings is 1. The van der Waals surface area contributed by atoms with Gasteiger partial charge in [0.1, 0.15) is 6.54 Å². The van der Waals surface area contributed by atoms with Crippen LogP contribution in [-0.4, -0.2) is 73.9 Å². The van der Waals surface area contributed by atoms with Crippen molar-refractivity contribution in [1.29, 1.82) is 0 Å². The molecule has 1 atom stereocenters. The largest absolute Gasteiger partial charge is 0.391 e. The zero-order chi connectivity index (χ0) is 16.9. The van der Waals surface area contributed by atoms with E-state index in [1.165, 1.54) is 4.90 Å². The number of nitrogens with zero attached hydrogens (tertiary/aromatic N) is 2. The molecule has 3 rings (SSSR count). The minimum atomic E-state index is -0.145. The molecule has 0 aliphatic carbocycles. The van der Waals surface area contributed by atoms with E-state index >= 15 is 0 Å². The van der Waals surface area contributed by atoms with Crippen LogP contribution >= 0.6 is 0 Å². The maximum Gasteiger partial charge on any atom is 0.318 e. The van der Waals surface area contributed by atoms with Crippen LogP contribution in [0.25, 0.3) is 0 Å². The molecule has 7 nitrogen and oxygen atoms in total. The number of benzene rings is 1. The molecule has 0 radical (unpaired) electrons. The summed E-state index contributed by atoms with van der Waals surface area (Å²) in [7, 11) is 0. The normalized spacial score (nSPS) is 22.0. The Morgan fingerprint density at radius 1 is 1.25 bits per heavy atom. The van der Waals surface area contributed by atoms with Gasteiger partial charge in [-0.25, -0.2) is 4.79 Å². The first-order chi connectivity index (χ1) is 11.7. The van der Waals surface area contributed by atoms with Gasteiger partial charge in [-0.2, -0.15) is 0 Å². The summed E-state index contributed by atoms with van der Waals surface area (Å²) >= 11 is 0. The lowest BCUT2D eigenvalue weighted by molar-refractivity contribution is -0.904. The minimum absolute atomic E-state index is 0.0451. The van der Waals surface area contributed by atoms with Gasteiger partial charge >= 0.3 is 6.03 Å². The van der Waals surface area contributed by atoms with Gasteiger partial charge in [-0.15, -0.1) is 0 Å². The average Bonchev–Trinajstić information content (AvgIpc) is 2.97. The molecule has 0 spiro atoms. The van der Waals surface area contributed by atoms with E-state index in [4.69, 9.17) is 5.11 Å². The number of aliphatic hydroxyl groups excluding tert-OH is 1. The quantitative estimate of drug-likeness (QED) is 0.641. The molecular weight excluding hydrogens is 308 g/mol. The zero-order valence-corrected chi connectivity index (χ0v) is 13.8. The molecule has 3 N–H and O–H groups in total. The number of quaternary nitrogens is 1. The lowest BCUT2D eigenvalue weighted by Crippen LogP contribution is -3.15. The molecule has 7 heteroatoms. The van der Waals surface area contributed by atoms with Crippen molar-refractivity contribution in [1.82, 2.24) is 10.2 Å². The van der Waals surface area contributed by atoms with Crippen molar-refractivity contribution in [2.45, 2.75) is 12.5 Å². The molecule has 24 heavy (non-hydrogen) atoms. The molecule has 2 saturated heterocycles. The van der Waals surface area contributed by atoms with Gasteiger partial charge in [0.25, 0.3) is 0 Å². The van der Waals surface area contributed by atoms with E-state index < -0.39 is 0 Å². The van der Waals surface area contributed by atoms with Crippen molar-refractivity contribution < 1.29 is 19.6 Å². The van der Waals surface area contributed by atoms with Gasteiger partial charge < -0.3 is 25.1 Å². The third kappa shape index (κ3) is 3.85. The van der Waals surface area contributed by atoms with E-state index in [0.29, 0.717) is 26.1 Å². The van der Waals surface area contributed by atoms with Crippen molar-refractivity contribution in [2.75, 3.05) is 50.8 Å². The van der Waals surface area contributed by atoms with Gasteiger partial charge in [-0.1, -0.05) is 18.2 Å². The summed E-state index contributed by atoms with van der Waals surface area (Å²) in [6.07, 6.45) is 0.344. The van der Waals surface area contributed by atoms with E-state index in [1.807, 2.05) is 30.3 Å². The summed E-state index contributed by atoms with van der Waals surface area (Å²) in [4.78, 5) is 29.4. The highest BCUT2D eigenvalue weighted by molar-refractivity contribution is 5.96. The van der Waals surface area contributed by atoms with Crippen molar-refractivity contribution in [3.63, 3.8) is 0 Å². The van der Waals surface area contributed by atoms with Crippen LogP contribution in [0.4, 0.5) is 10.5 Å². The Hall–Kier alpha value is -2.12. The van der Waals surface area contributed by atoms with Crippen LogP contribution < -0.4 is 15.1 Å². The molecular formula is C17H25N4O3+. The van der Waals surface area contributed by atoms with Gasteiger partial charge in [0.05, 0.1) is 38.8 Å². The van der Waals surface area contributed by atoms with Crippen molar-refractivity contribution in [3.8, 4) is 0 Å². The van der Waals surface area contributed by atoms with Crippen LogP contribution in [0.15, 0.2) is 30.3 Å². The molecule has 130 valence electrons. The van der Waals surface area contributed by atoms with Gasteiger partial charge in [-0.3, -0.25) is 4.79 Å². The number of carbonyl (C=O) groups is 2. The molecule has 3 amide bonds. The number of aliphatic hydroxyl groups is 1. The molecule has 2 aliphatic heterocycles. The molecule has 1 aromatic carbocycles. The van der Waals surface area contributed by atoms with Gasteiger partial charge in [0.15, 0.2) is 0 Å². The van der Waals surface area contributed by atoms with E-state index in [2.05, 4.69) is 5.32 Å². The van der Waals surface area contributed by atoms with Crippen LogP contribution in [0.2, 0.25) is 0 Å². The van der Waals surface area contributed by atoms with Crippen molar-refractivity contribution in [3.05, 3.63) is 30.3 Å². The summed E-state index contributed by atoms with van der Waals surface area (Å²) in [6.45, 7) is 4.51. The number of hydrogen-bond donors (Lipinski definition) is 3. The third-order valence-electron chi connectivity index (χ3n) is 4.74. The molecule has 2 aliphatic rings. The third-order valence-corrected chi connectivity index (χ3v) is 4.74. The SMILES string of the molecule is O=C(N[C@H]1CC(=O)N(c2ccccc2)C1)N1CC[NH+](CCO)CC1. The monoisotopic (exact) mass is 333 g/mol. The van der Waals surface area contributed by atoms with E-state index in [1.54, 1.807) is 9.80 Å². The molecule has 0 bridgehead atoms. The molecule has 1 aromatic rings. The molecule has 0 saturated carbocycles. The minimum Gasteiger partial charge on any atom is -0.391 e. The Bertz CT molecular complexity index is 572. The maximum absolute atomic E-state index is 12.4. The fraction of sp³-hybridized carbons (Fsp3) is 0.529. The summed E-state index contributed by atoms with van der Waals surface area (Å²) < 4.78 is 0. The number of amides is 3. The predicted octanol–water partition coefficient (Wildman–Crippen LogP) is -1.31. The van der Waals surface area contributed by atoms with Crippen LogP contribution in [0.1, 0.15) is 6.42 Å². The Labute approximate surface area is 141 Å². The first-order valence-electron chi connectivity index (χ1n) is 8.52. The Kier molecular flexibility index (Phi) is 5.32. The zero-order valence-electron chi connectivity index (χ0n) is 13.8. The van der Waals surface area contributed by atoms with Crippen LogP contribution in [0.5, 0.6) is 0 Å². The van der Waals surface area contributed by atoms with Crippen LogP contribution in [0.3, 0.4) is 0 Å². The average molecular weight is 333 g/mol. The first kappa shape index (κ1) is 16.7. The van der Waals surface area contributed by atoms with E-state index in [-0.39, 0.29) is 24.6 Å². The summed E-state index contributed by atoms with van der Waals surface area (Å²) in [5.74, 6) is 0.0451. The highest BCUT2D eigenvalue weighted by atomic mass is 16.3. The van der Waals surface area contributed by atoms with E-state index in [0.717, 1.165) is 25.3 Å². The summed E-state index contributed by atoms with van der Waals surface area (Å²) in [6, 6.07) is 9.31. The smallest absolute Gasteiger partial charge is 0.318 e. The number of nitrogens with one attached hydrogen (secondary N) is 2.